The summed E-state index contributed by atoms with van der Waals surface area (Å²) in [7, 11) is 0. The Balaban J connectivity index is 1.58. The van der Waals surface area contributed by atoms with Crippen LogP contribution in [-0.2, 0) is 0 Å². The summed E-state index contributed by atoms with van der Waals surface area (Å²) in [6.45, 7) is 8.19. The first-order valence-electron chi connectivity index (χ1n) is 7.50. The molecule has 1 aliphatic heterocycles. The van der Waals surface area contributed by atoms with Crippen LogP contribution in [0, 0.1) is 0 Å². The summed E-state index contributed by atoms with van der Waals surface area (Å²) in [6, 6.07) is 10.5. The number of hydrogen-bond acceptors (Lipinski definition) is 2. The quantitative estimate of drug-likeness (QED) is 0.756. The van der Waals surface area contributed by atoms with Crippen molar-refractivity contribution in [1.82, 2.24) is 10.2 Å². The van der Waals surface area contributed by atoms with E-state index in [1.807, 2.05) is 0 Å². The summed E-state index contributed by atoms with van der Waals surface area (Å²) in [5, 5.41) is 3.53. The van der Waals surface area contributed by atoms with E-state index < -0.39 is 0 Å². The number of nitrogens with zero attached hydrogens (tertiary/aromatic N) is 1. The predicted octanol–water partition coefficient (Wildman–Crippen LogP) is 3.17. The highest BCUT2D eigenvalue weighted by Gasteiger charge is 2.09. The first kappa shape index (κ1) is 14.3. The van der Waals surface area contributed by atoms with Crippen LogP contribution >= 0.6 is 0 Å². The molecule has 1 aromatic carbocycles. The third-order valence-electron chi connectivity index (χ3n) is 3.64. The Morgan fingerprint density at radius 3 is 2.68 bits per heavy atom. The molecule has 0 saturated carbocycles. The van der Waals surface area contributed by atoms with E-state index in [1.165, 1.54) is 50.0 Å². The SMILES string of the molecule is CC(=Cc1ccccc1)CNCCCN1CCCC1. The number of benzene rings is 1. The molecule has 0 spiro atoms. The third kappa shape index (κ3) is 5.58. The van der Waals surface area contributed by atoms with Gasteiger partial charge in [-0.2, -0.15) is 0 Å². The van der Waals surface area contributed by atoms with Crippen LogP contribution in [-0.4, -0.2) is 37.6 Å². The number of hydrogen-bond donors (Lipinski definition) is 1. The molecule has 2 rings (SSSR count). The van der Waals surface area contributed by atoms with Crippen LogP contribution in [0.2, 0.25) is 0 Å². The standard InChI is InChI=1S/C17H26N2/c1-16(14-17-8-3-2-4-9-17)15-18-10-7-13-19-11-5-6-12-19/h2-4,8-9,14,18H,5-7,10-13,15H2,1H3. The molecular weight excluding hydrogens is 232 g/mol. The van der Waals surface area contributed by atoms with Gasteiger partial charge in [0.15, 0.2) is 0 Å². The summed E-state index contributed by atoms with van der Waals surface area (Å²) >= 11 is 0. The van der Waals surface area contributed by atoms with Crippen molar-refractivity contribution in [3.05, 3.63) is 41.5 Å². The van der Waals surface area contributed by atoms with Crippen LogP contribution in [0.15, 0.2) is 35.9 Å². The van der Waals surface area contributed by atoms with Crippen molar-refractivity contribution in [2.45, 2.75) is 26.2 Å². The second kappa shape index (κ2) is 8.13. The van der Waals surface area contributed by atoms with E-state index >= 15 is 0 Å². The number of nitrogens with one attached hydrogen (secondary N) is 1. The lowest BCUT2D eigenvalue weighted by molar-refractivity contribution is 0.332. The summed E-state index contributed by atoms with van der Waals surface area (Å²) in [5.41, 5.74) is 2.69. The van der Waals surface area contributed by atoms with Gasteiger partial charge in [0, 0.05) is 6.54 Å². The highest BCUT2D eigenvalue weighted by Crippen LogP contribution is 2.07. The number of rotatable bonds is 7. The van der Waals surface area contributed by atoms with Crippen LogP contribution in [0.4, 0.5) is 0 Å². The summed E-state index contributed by atoms with van der Waals surface area (Å²) in [5.74, 6) is 0. The lowest BCUT2D eigenvalue weighted by Crippen LogP contribution is -2.25. The van der Waals surface area contributed by atoms with Crippen molar-refractivity contribution in [2.75, 3.05) is 32.7 Å². The summed E-state index contributed by atoms with van der Waals surface area (Å²) < 4.78 is 0. The fourth-order valence-electron chi connectivity index (χ4n) is 2.60. The third-order valence-corrected chi connectivity index (χ3v) is 3.64. The van der Waals surface area contributed by atoms with Gasteiger partial charge in [-0.25, -0.2) is 0 Å². The highest BCUT2D eigenvalue weighted by molar-refractivity contribution is 5.52. The molecule has 1 heterocycles. The highest BCUT2D eigenvalue weighted by atomic mass is 15.1. The van der Waals surface area contributed by atoms with Gasteiger partial charge in [0.1, 0.15) is 0 Å². The molecule has 1 aliphatic rings. The Labute approximate surface area is 117 Å². The molecule has 104 valence electrons. The Bertz CT molecular complexity index is 378. The molecule has 0 unspecified atom stereocenters. The largest absolute Gasteiger partial charge is 0.313 e. The molecule has 0 amide bonds. The summed E-state index contributed by atoms with van der Waals surface area (Å²) in [4.78, 5) is 2.58. The van der Waals surface area contributed by atoms with E-state index in [9.17, 15) is 0 Å². The first-order valence-corrected chi connectivity index (χ1v) is 7.50. The molecule has 0 radical (unpaired) electrons. The molecule has 2 heteroatoms. The van der Waals surface area contributed by atoms with Gasteiger partial charge >= 0.3 is 0 Å². The van der Waals surface area contributed by atoms with Gasteiger partial charge in [-0.05, 0) is 57.9 Å². The first-order chi connectivity index (χ1) is 9.34. The zero-order valence-electron chi connectivity index (χ0n) is 12.1. The Hall–Kier alpha value is -1.12. The smallest absolute Gasteiger partial charge is 0.0165 e. The number of likely N-dealkylation sites (tertiary alicyclic amines) is 1. The minimum atomic E-state index is 0.995. The van der Waals surface area contributed by atoms with E-state index in [4.69, 9.17) is 0 Å². The van der Waals surface area contributed by atoms with Crippen LogP contribution in [0.3, 0.4) is 0 Å². The van der Waals surface area contributed by atoms with Crippen LogP contribution < -0.4 is 5.32 Å². The minimum Gasteiger partial charge on any atom is -0.313 e. The lowest BCUT2D eigenvalue weighted by atomic mass is 10.1. The zero-order valence-corrected chi connectivity index (χ0v) is 12.1. The van der Waals surface area contributed by atoms with Crippen molar-refractivity contribution in [2.24, 2.45) is 0 Å². The van der Waals surface area contributed by atoms with E-state index in [-0.39, 0.29) is 0 Å². The molecule has 2 nitrogen and oxygen atoms in total. The topological polar surface area (TPSA) is 15.3 Å². The maximum Gasteiger partial charge on any atom is 0.0165 e. The maximum atomic E-state index is 3.53. The second-order valence-corrected chi connectivity index (χ2v) is 5.48. The lowest BCUT2D eigenvalue weighted by Gasteiger charge is -2.14. The van der Waals surface area contributed by atoms with E-state index in [1.54, 1.807) is 0 Å². The van der Waals surface area contributed by atoms with Crippen LogP contribution in [0.5, 0.6) is 0 Å². The molecule has 1 saturated heterocycles. The van der Waals surface area contributed by atoms with Crippen molar-refractivity contribution in [1.29, 1.82) is 0 Å². The van der Waals surface area contributed by atoms with Crippen LogP contribution in [0.25, 0.3) is 6.08 Å². The summed E-state index contributed by atoms with van der Waals surface area (Å²) in [6.07, 6.45) is 6.31. The molecule has 1 aromatic rings. The van der Waals surface area contributed by atoms with Gasteiger partial charge in [-0.3, -0.25) is 0 Å². The van der Waals surface area contributed by atoms with Crippen LogP contribution in [0.1, 0.15) is 31.7 Å². The molecule has 1 N–H and O–H groups in total. The van der Waals surface area contributed by atoms with Crippen molar-refractivity contribution in [3.63, 3.8) is 0 Å². The maximum absolute atomic E-state index is 3.53. The van der Waals surface area contributed by atoms with E-state index in [0.29, 0.717) is 0 Å². The van der Waals surface area contributed by atoms with Gasteiger partial charge in [-0.15, -0.1) is 0 Å². The fraction of sp³-hybridized carbons (Fsp3) is 0.529. The Kier molecular flexibility index (Phi) is 6.12. The predicted molar refractivity (Wildman–Crippen MR) is 83.3 cm³/mol. The Morgan fingerprint density at radius 1 is 1.21 bits per heavy atom. The minimum absolute atomic E-state index is 0.995. The fourth-order valence-corrected chi connectivity index (χ4v) is 2.60. The van der Waals surface area contributed by atoms with E-state index in [0.717, 1.165) is 13.1 Å². The molecule has 19 heavy (non-hydrogen) atoms. The zero-order chi connectivity index (χ0) is 13.3. The molecule has 0 atom stereocenters. The van der Waals surface area contributed by atoms with Crippen molar-refractivity contribution >= 4 is 6.08 Å². The molecule has 0 bridgehead atoms. The van der Waals surface area contributed by atoms with Gasteiger partial charge in [0.05, 0.1) is 0 Å². The van der Waals surface area contributed by atoms with E-state index in [2.05, 4.69) is 53.5 Å². The van der Waals surface area contributed by atoms with Crippen molar-refractivity contribution in [3.8, 4) is 0 Å². The average Bonchev–Trinajstić information content (AvgIpc) is 2.92. The van der Waals surface area contributed by atoms with Gasteiger partial charge in [0.2, 0.25) is 0 Å². The molecule has 0 aliphatic carbocycles. The monoisotopic (exact) mass is 258 g/mol. The molecule has 1 fully saturated rings. The average molecular weight is 258 g/mol. The van der Waals surface area contributed by atoms with Crippen molar-refractivity contribution < 1.29 is 0 Å². The van der Waals surface area contributed by atoms with Gasteiger partial charge < -0.3 is 10.2 Å². The molecular formula is C17H26N2. The second-order valence-electron chi connectivity index (χ2n) is 5.48. The van der Waals surface area contributed by atoms with Gasteiger partial charge in [0.25, 0.3) is 0 Å². The van der Waals surface area contributed by atoms with Gasteiger partial charge in [-0.1, -0.05) is 42.0 Å². The Morgan fingerprint density at radius 2 is 1.95 bits per heavy atom. The normalized spacial score (nSPS) is 17.0. The molecule has 0 aromatic heterocycles.